The van der Waals surface area contributed by atoms with Crippen LogP contribution in [-0.2, 0) is 0 Å². The van der Waals surface area contributed by atoms with Gasteiger partial charge in [0.2, 0.25) is 0 Å². The van der Waals surface area contributed by atoms with Crippen molar-refractivity contribution in [3.05, 3.63) is 53.1 Å². The van der Waals surface area contributed by atoms with Crippen molar-refractivity contribution in [3.8, 4) is 16.9 Å². The highest BCUT2D eigenvalue weighted by molar-refractivity contribution is 6.33. The van der Waals surface area contributed by atoms with Gasteiger partial charge in [-0.3, -0.25) is 4.79 Å². The fourth-order valence-electron chi connectivity index (χ4n) is 1.79. The second-order valence-electron chi connectivity index (χ2n) is 3.86. The minimum atomic E-state index is -4.81. The van der Waals surface area contributed by atoms with Crippen LogP contribution in [0.1, 0.15) is 10.4 Å². The number of rotatable bonds is 3. The summed E-state index contributed by atoms with van der Waals surface area (Å²) in [5.41, 5.74) is 0.550. The van der Waals surface area contributed by atoms with Crippen LogP contribution in [0.3, 0.4) is 0 Å². The maximum Gasteiger partial charge on any atom is 0.573 e. The molecule has 0 atom stereocenters. The summed E-state index contributed by atoms with van der Waals surface area (Å²) < 4.78 is 41.1. The molecule has 0 aliphatic heterocycles. The third-order valence-corrected chi connectivity index (χ3v) is 2.90. The van der Waals surface area contributed by atoms with Crippen molar-refractivity contribution in [1.82, 2.24) is 0 Å². The molecule has 0 amide bonds. The Morgan fingerprint density at radius 2 is 1.65 bits per heavy atom. The lowest BCUT2D eigenvalue weighted by Gasteiger charge is -2.14. The summed E-state index contributed by atoms with van der Waals surface area (Å²) in [7, 11) is 0. The second-order valence-corrected chi connectivity index (χ2v) is 4.27. The molecule has 20 heavy (non-hydrogen) atoms. The van der Waals surface area contributed by atoms with Gasteiger partial charge in [-0.1, -0.05) is 41.9 Å². The molecule has 0 saturated heterocycles. The third kappa shape index (κ3) is 3.11. The molecule has 0 N–H and O–H groups in total. The summed E-state index contributed by atoms with van der Waals surface area (Å²) in [6.45, 7) is 0. The highest BCUT2D eigenvalue weighted by Gasteiger charge is 2.32. The molecule has 2 rings (SSSR count). The number of benzene rings is 2. The molecule has 2 nitrogen and oxygen atoms in total. The summed E-state index contributed by atoms with van der Waals surface area (Å²) in [6, 6.07) is 10.1. The zero-order valence-corrected chi connectivity index (χ0v) is 10.7. The van der Waals surface area contributed by atoms with E-state index in [1.807, 2.05) is 0 Å². The Labute approximate surface area is 117 Å². The van der Waals surface area contributed by atoms with Crippen molar-refractivity contribution < 1.29 is 22.7 Å². The minimum absolute atomic E-state index is 0.118. The lowest BCUT2D eigenvalue weighted by atomic mass is 9.99. The van der Waals surface area contributed by atoms with Gasteiger partial charge in [0, 0.05) is 11.1 Å². The molecule has 0 heterocycles. The molecule has 0 saturated carbocycles. The largest absolute Gasteiger partial charge is 0.573 e. The number of aldehydes is 1. The Kier molecular flexibility index (Phi) is 3.99. The third-order valence-electron chi connectivity index (χ3n) is 2.57. The van der Waals surface area contributed by atoms with E-state index >= 15 is 0 Å². The van der Waals surface area contributed by atoms with Gasteiger partial charge in [0.25, 0.3) is 0 Å². The highest BCUT2D eigenvalue weighted by atomic mass is 35.5. The molecule has 2 aromatic carbocycles. The zero-order chi connectivity index (χ0) is 14.8. The molecule has 0 aliphatic carbocycles. The number of para-hydroxylation sites is 1. The van der Waals surface area contributed by atoms with Gasteiger partial charge in [0.15, 0.2) is 6.29 Å². The quantitative estimate of drug-likeness (QED) is 0.767. The first-order valence-electron chi connectivity index (χ1n) is 5.51. The lowest BCUT2D eigenvalue weighted by Crippen LogP contribution is -2.17. The minimum Gasteiger partial charge on any atom is -0.405 e. The molecule has 6 heteroatoms. The molecule has 0 aliphatic rings. The average molecular weight is 301 g/mol. The van der Waals surface area contributed by atoms with Crippen LogP contribution in [0.25, 0.3) is 11.1 Å². The molecule has 0 spiro atoms. The Morgan fingerprint density at radius 1 is 1.00 bits per heavy atom. The van der Waals surface area contributed by atoms with E-state index in [2.05, 4.69) is 4.74 Å². The average Bonchev–Trinajstić information content (AvgIpc) is 2.37. The number of halogens is 4. The Bertz CT molecular complexity index is 639. The van der Waals surface area contributed by atoms with Gasteiger partial charge in [-0.15, -0.1) is 13.2 Å². The highest BCUT2D eigenvalue weighted by Crippen LogP contribution is 2.36. The first kappa shape index (κ1) is 14.4. The van der Waals surface area contributed by atoms with Crippen LogP contribution >= 0.6 is 11.6 Å². The Hall–Kier alpha value is -2.01. The summed E-state index contributed by atoms with van der Waals surface area (Å²) in [4.78, 5) is 11.1. The Balaban J connectivity index is 2.59. The van der Waals surface area contributed by atoms with E-state index in [1.54, 1.807) is 12.1 Å². The van der Waals surface area contributed by atoms with Crippen molar-refractivity contribution in [2.75, 3.05) is 0 Å². The molecule has 0 unspecified atom stereocenters. The van der Waals surface area contributed by atoms with Crippen LogP contribution in [0.4, 0.5) is 13.2 Å². The van der Waals surface area contributed by atoms with E-state index in [9.17, 15) is 18.0 Å². The molecule has 0 bridgehead atoms. The molecule has 2 aromatic rings. The molecule has 0 aromatic heterocycles. The molecule has 0 fully saturated rings. The monoisotopic (exact) mass is 300 g/mol. The summed E-state index contributed by atoms with van der Waals surface area (Å²) in [5.74, 6) is -0.384. The smallest absolute Gasteiger partial charge is 0.405 e. The molecular weight excluding hydrogens is 293 g/mol. The van der Waals surface area contributed by atoms with Crippen molar-refractivity contribution in [1.29, 1.82) is 0 Å². The van der Waals surface area contributed by atoms with Gasteiger partial charge >= 0.3 is 6.36 Å². The van der Waals surface area contributed by atoms with Gasteiger partial charge in [0.05, 0.1) is 5.02 Å². The first-order chi connectivity index (χ1) is 9.42. The summed E-state index contributed by atoms with van der Waals surface area (Å²) >= 11 is 5.87. The maximum absolute atomic E-state index is 12.4. The fourth-order valence-corrected chi connectivity index (χ4v) is 2.01. The van der Waals surface area contributed by atoms with Gasteiger partial charge < -0.3 is 4.74 Å². The van der Waals surface area contributed by atoms with E-state index in [4.69, 9.17) is 11.6 Å². The van der Waals surface area contributed by atoms with E-state index in [0.717, 1.165) is 0 Å². The predicted octanol–water partition coefficient (Wildman–Crippen LogP) is 4.72. The predicted molar refractivity (Wildman–Crippen MR) is 69.0 cm³/mol. The van der Waals surface area contributed by atoms with Crippen molar-refractivity contribution in [2.24, 2.45) is 0 Å². The van der Waals surface area contributed by atoms with Crippen LogP contribution in [0.5, 0.6) is 5.75 Å². The molecule has 104 valence electrons. The van der Waals surface area contributed by atoms with Gasteiger partial charge in [-0.05, 0) is 17.7 Å². The van der Waals surface area contributed by atoms with Gasteiger partial charge in [0.1, 0.15) is 5.75 Å². The zero-order valence-electron chi connectivity index (χ0n) is 9.95. The van der Waals surface area contributed by atoms with Crippen LogP contribution < -0.4 is 4.74 Å². The molecule has 0 radical (unpaired) electrons. The van der Waals surface area contributed by atoms with Crippen LogP contribution in [-0.4, -0.2) is 12.6 Å². The standard InChI is InChI=1S/C14H8ClF3O2/c15-12-6-3-5-9(11(12)8-19)10-4-1-2-7-13(10)20-14(16,17)18/h1-8H. The van der Waals surface area contributed by atoms with Gasteiger partial charge in [-0.2, -0.15) is 0 Å². The van der Waals surface area contributed by atoms with E-state index in [0.29, 0.717) is 6.29 Å². The Morgan fingerprint density at radius 3 is 2.30 bits per heavy atom. The maximum atomic E-state index is 12.4. The number of ether oxygens (including phenoxy) is 1. The number of hydrogen-bond donors (Lipinski definition) is 0. The van der Waals surface area contributed by atoms with E-state index in [-0.39, 0.29) is 27.5 Å². The normalized spacial score (nSPS) is 11.2. The number of carbonyl (C=O) groups excluding carboxylic acids is 1. The second kappa shape index (κ2) is 5.54. The van der Waals surface area contributed by atoms with E-state index in [1.165, 1.54) is 30.3 Å². The van der Waals surface area contributed by atoms with Crippen molar-refractivity contribution >= 4 is 17.9 Å². The topological polar surface area (TPSA) is 26.3 Å². The summed E-state index contributed by atoms with van der Waals surface area (Å²) in [5, 5.41) is 0.166. The molecular formula is C14H8ClF3O2. The van der Waals surface area contributed by atoms with Crippen molar-refractivity contribution in [2.45, 2.75) is 6.36 Å². The number of carbonyl (C=O) groups is 1. The lowest BCUT2D eigenvalue weighted by molar-refractivity contribution is -0.274. The van der Waals surface area contributed by atoms with E-state index < -0.39 is 6.36 Å². The fraction of sp³-hybridized carbons (Fsp3) is 0.0714. The van der Waals surface area contributed by atoms with Crippen LogP contribution in [0.2, 0.25) is 5.02 Å². The SMILES string of the molecule is O=Cc1c(Cl)cccc1-c1ccccc1OC(F)(F)F. The number of hydrogen-bond acceptors (Lipinski definition) is 2. The van der Waals surface area contributed by atoms with Gasteiger partial charge in [-0.25, -0.2) is 0 Å². The van der Waals surface area contributed by atoms with Crippen LogP contribution in [0, 0.1) is 0 Å². The summed E-state index contributed by atoms with van der Waals surface area (Å²) in [6.07, 6.45) is -4.31. The van der Waals surface area contributed by atoms with Crippen LogP contribution in [0.15, 0.2) is 42.5 Å². The first-order valence-corrected chi connectivity index (χ1v) is 5.89. The number of alkyl halides is 3. The van der Waals surface area contributed by atoms with Crippen molar-refractivity contribution in [3.63, 3.8) is 0 Å².